The van der Waals surface area contributed by atoms with E-state index in [0.717, 1.165) is 42.2 Å². The molecule has 0 N–H and O–H groups in total. The number of ether oxygens (including phenoxy) is 1. The molecule has 0 saturated heterocycles. The summed E-state index contributed by atoms with van der Waals surface area (Å²) in [5.41, 5.74) is 1.63. The fourth-order valence-corrected chi connectivity index (χ4v) is 2.98. The van der Waals surface area contributed by atoms with Crippen LogP contribution in [0.3, 0.4) is 0 Å². The highest BCUT2D eigenvalue weighted by atomic mass is 16.5. The van der Waals surface area contributed by atoms with Crippen LogP contribution in [0.15, 0.2) is 22.7 Å². The van der Waals surface area contributed by atoms with Gasteiger partial charge in [-0.1, -0.05) is 18.5 Å². The normalized spacial score (nSPS) is 17.6. The first-order chi connectivity index (χ1) is 11.3. The molecule has 1 aliphatic heterocycles. The molecule has 0 radical (unpaired) electrons. The number of benzene rings is 1. The van der Waals surface area contributed by atoms with Gasteiger partial charge in [0.2, 0.25) is 11.7 Å². The number of aromatic nitrogens is 2. The van der Waals surface area contributed by atoms with Crippen molar-refractivity contribution in [2.75, 3.05) is 18.1 Å². The Labute approximate surface area is 134 Å². The second-order valence-corrected chi connectivity index (χ2v) is 6.10. The molecule has 1 aromatic heterocycles. The first kappa shape index (κ1) is 14.2. The smallest absolute Gasteiger partial charge is 0.265 e. The van der Waals surface area contributed by atoms with Gasteiger partial charge >= 0.3 is 0 Å². The summed E-state index contributed by atoms with van der Waals surface area (Å²) in [6.07, 6.45) is 4.37. The van der Waals surface area contributed by atoms with Crippen molar-refractivity contribution in [1.29, 1.82) is 0 Å². The second-order valence-electron chi connectivity index (χ2n) is 6.10. The number of carbonyl (C=O) groups is 1. The molecular weight excluding hydrogens is 294 g/mol. The van der Waals surface area contributed by atoms with Crippen LogP contribution < -0.4 is 9.64 Å². The third-order valence-electron chi connectivity index (χ3n) is 4.50. The van der Waals surface area contributed by atoms with Gasteiger partial charge in [-0.25, -0.2) is 0 Å². The maximum Gasteiger partial charge on any atom is 0.265 e. The molecule has 6 heteroatoms. The Morgan fingerprint density at radius 3 is 2.96 bits per heavy atom. The predicted molar refractivity (Wildman–Crippen MR) is 84.5 cm³/mol. The quantitative estimate of drug-likeness (QED) is 0.867. The number of amides is 1. The zero-order chi connectivity index (χ0) is 15.8. The minimum atomic E-state index is -0.0141. The van der Waals surface area contributed by atoms with Gasteiger partial charge in [-0.2, -0.15) is 4.98 Å². The van der Waals surface area contributed by atoms with Gasteiger partial charge in [0.1, 0.15) is 5.75 Å². The molecule has 2 aliphatic rings. The van der Waals surface area contributed by atoms with Crippen molar-refractivity contribution < 1.29 is 14.1 Å². The van der Waals surface area contributed by atoms with Crippen LogP contribution in [0, 0.1) is 0 Å². The average molecular weight is 313 g/mol. The predicted octanol–water partition coefficient (Wildman–Crippen LogP) is 3.14. The van der Waals surface area contributed by atoms with E-state index in [4.69, 9.17) is 9.26 Å². The highest BCUT2D eigenvalue weighted by Crippen LogP contribution is 2.38. The van der Waals surface area contributed by atoms with Crippen molar-refractivity contribution in [1.82, 2.24) is 10.1 Å². The Kier molecular flexibility index (Phi) is 3.52. The lowest BCUT2D eigenvalue weighted by atomic mass is 9.85. The van der Waals surface area contributed by atoms with Crippen LogP contribution >= 0.6 is 0 Å². The number of nitrogens with zero attached hydrogens (tertiary/aromatic N) is 3. The lowest BCUT2D eigenvalue weighted by Gasteiger charge is -2.29. The number of rotatable bonds is 4. The molecule has 1 aliphatic carbocycles. The van der Waals surface area contributed by atoms with Crippen LogP contribution in [0.5, 0.6) is 5.75 Å². The van der Waals surface area contributed by atoms with E-state index < -0.39 is 0 Å². The van der Waals surface area contributed by atoms with E-state index >= 15 is 0 Å². The summed E-state index contributed by atoms with van der Waals surface area (Å²) in [5.74, 6) is 2.42. The number of carbonyl (C=O) groups excluding carboxylic acids is 1. The SMILES string of the molecule is CCCN1C(=O)COc2ccc(-c3noc(C4CCC4)n3)cc21. The topological polar surface area (TPSA) is 68.5 Å². The Hall–Kier alpha value is -2.37. The highest BCUT2D eigenvalue weighted by molar-refractivity contribution is 5.98. The van der Waals surface area contributed by atoms with E-state index in [9.17, 15) is 4.79 Å². The summed E-state index contributed by atoms with van der Waals surface area (Å²) in [7, 11) is 0. The number of anilines is 1. The fraction of sp³-hybridized carbons (Fsp3) is 0.471. The Morgan fingerprint density at radius 2 is 2.22 bits per heavy atom. The van der Waals surface area contributed by atoms with Crippen molar-refractivity contribution >= 4 is 11.6 Å². The van der Waals surface area contributed by atoms with Gasteiger partial charge in [0.25, 0.3) is 5.91 Å². The monoisotopic (exact) mass is 313 g/mol. The van der Waals surface area contributed by atoms with E-state index in [-0.39, 0.29) is 12.5 Å². The molecule has 120 valence electrons. The van der Waals surface area contributed by atoms with Crippen molar-refractivity contribution in [3.8, 4) is 17.1 Å². The van der Waals surface area contributed by atoms with E-state index in [0.29, 0.717) is 18.3 Å². The molecule has 2 aromatic rings. The summed E-state index contributed by atoms with van der Waals surface area (Å²) >= 11 is 0. The van der Waals surface area contributed by atoms with E-state index in [2.05, 4.69) is 17.1 Å². The van der Waals surface area contributed by atoms with Crippen LogP contribution in [0.4, 0.5) is 5.69 Å². The van der Waals surface area contributed by atoms with Crippen molar-refractivity contribution in [2.45, 2.75) is 38.5 Å². The number of hydrogen-bond donors (Lipinski definition) is 0. The van der Waals surface area contributed by atoms with Crippen molar-refractivity contribution in [2.24, 2.45) is 0 Å². The molecule has 1 aromatic carbocycles. The molecule has 6 nitrogen and oxygen atoms in total. The lowest BCUT2D eigenvalue weighted by molar-refractivity contribution is -0.121. The molecule has 0 bridgehead atoms. The summed E-state index contributed by atoms with van der Waals surface area (Å²) in [4.78, 5) is 18.4. The largest absolute Gasteiger partial charge is 0.482 e. The molecule has 1 saturated carbocycles. The number of hydrogen-bond acceptors (Lipinski definition) is 5. The van der Waals surface area contributed by atoms with Gasteiger partial charge in [0, 0.05) is 18.0 Å². The van der Waals surface area contributed by atoms with Gasteiger partial charge in [0.05, 0.1) is 5.69 Å². The van der Waals surface area contributed by atoms with Gasteiger partial charge in [-0.15, -0.1) is 0 Å². The lowest BCUT2D eigenvalue weighted by Crippen LogP contribution is -2.39. The summed E-state index contributed by atoms with van der Waals surface area (Å²) in [5, 5.41) is 4.10. The van der Waals surface area contributed by atoms with E-state index in [1.807, 2.05) is 18.2 Å². The molecule has 4 rings (SSSR count). The van der Waals surface area contributed by atoms with Gasteiger partial charge in [-0.3, -0.25) is 4.79 Å². The third-order valence-corrected chi connectivity index (χ3v) is 4.50. The average Bonchev–Trinajstić information content (AvgIpc) is 2.97. The second kappa shape index (κ2) is 5.68. The molecule has 23 heavy (non-hydrogen) atoms. The van der Waals surface area contributed by atoms with E-state index in [1.165, 1.54) is 6.42 Å². The van der Waals surface area contributed by atoms with Crippen LogP contribution in [0.25, 0.3) is 11.4 Å². The minimum Gasteiger partial charge on any atom is -0.482 e. The third kappa shape index (κ3) is 2.48. The highest BCUT2D eigenvalue weighted by Gasteiger charge is 2.28. The summed E-state index contributed by atoms with van der Waals surface area (Å²) in [6, 6.07) is 5.70. The summed E-state index contributed by atoms with van der Waals surface area (Å²) < 4.78 is 10.9. The van der Waals surface area contributed by atoms with Crippen LogP contribution in [-0.2, 0) is 4.79 Å². The Balaban J connectivity index is 1.67. The maximum absolute atomic E-state index is 12.1. The zero-order valence-electron chi connectivity index (χ0n) is 13.1. The first-order valence-corrected chi connectivity index (χ1v) is 8.17. The van der Waals surface area contributed by atoms with Crippen LogP contribution in [-0.4, -0.2) is 29.2 Å². The molecule has 0 spiro atoms. The Bertz CT molecular complexity index is 736. The Morgan fingerprint density at radius 1 is 1.35 bits per heavy atom. The van der Waals surface area contributed by atoms with Crippen LogP contribution in [0.2, 0.25) is 0 Å². The molecule has 0 unspecified atom stereocenters. The van der Waals surface area contributed by atoms with Gasteiger partial charge < -0.3 is 14.2 Å². The number of fused-ring (bicyclic) bond motifs is 1. The first-order valence-electron chi connectivity index (χ1n) is 8.17. The molecule has 1 fully saturated rings. The maximum atomic E-state index is 12.1. The van der Waals surface area contributed by atoms with Gasteiger partial charge in [0.15, 0.2) is 6.61 Å². The summed E-state index contributed by atoms with van der Waals surface area (Å²) in [6.45, 7) is 2.83. The standard InChI is InChI=1S/C17H19N3O3/c1-2-8-20-13-9-12(6-7-14(13)22-10-15(20)21)16-18-17(23-19-16)11-4-3-5-11/h6-7,9,11H,2-5,8,10H2,1H3. The molecular formula is C17H19N3O3. The van der Waals surface area contributed by atoms with Crippen molar-refractivity contribution in [3.05, 3.63) is 24.1 Å². The fourth-order valence-electron chi connectivity index (χ4n) is 2.98. The van der Waals surface area contributed by atoms with E-state index in [1.54, 1.807) is 4.90 Å². The molecule has 0 atom stereocenters. The minimum absolute atomic E-state index is 0.0141. The van der Waals surface area contributed by atoms with Crippen molar-refractivity contribution in [3.63, 3.8) is 0 Å². The zero-order valence-corrected chi connectivity index (χ0v) is 13.1. The van der Waals surface area contributed by atoms with Crippen LogP contribution in [0.1, 0.15) is 44.4 Å². The van der Waals surface area contributed by atoms with Gasteiger partial charge in [-0.05, 0) is 37.5 Å². The molecule has 1 amide bonds. The molecule has 2 heterocycles.